The zero-order valence-corrected chi connectivity index (χ0v) is 12.2. The van der Waals surface area contributed by atoms with E-state index in [1.807, 2.05) is 0 Å². The van der Waals surface area contributed by atoms with E-state index in [4.69, 9.17) is 5.11 Å². The Balaban J connectivity index is 2.86. The molecular formula is C11H11Br2NO3. The first kappa shape index (κ1) is 14.2. The first-order valence-electron chi connectivity index (χ1n) is 4.94. The smallest absolute Gasteiger partial charge is 0.326 e. The van der Waals surface area contributed by atoms with Gasteiger partial charge in [-0.25, -0.2) is 4.79 Å². The molecule has 0 fully saturated rings. The van der Waals surface area contributed by atoms with Crippen molar-refractivity contribution in [2.75, 3.05) is 0 Å². The van der Waals surface area contributed by atoms with Gasteiger partial charge in [0.1, 0.15) is 6.04 Å². The molecule has 2 N–H and O–H groups in total. The second kappa shape index (κ2) is 6.16. The minimum Gasteiger partial charge on any atom is -0.480 e. The van der Waals surface area contributed by atoms with Crippen molar-refractivity contribution in [3.63, 3.8) is 0 Å². The van der Waals surface area contributed by atoms with E-state index in [1.165, 1.54) is 0 Å². The summed E-state index contributed by atoms with van der Waals surface area (Å²) in [5, 5.41) is 11.3. The van der Waals surface area contributed by atoms with Crippen molar-refractivity contribution in [3.8, 4) is 0 Å². The molecule has 0 bridgehead atoms. The van der Waals surface area contributed by atoms with Gasteiger partial charge in [0, 0.05) is 8.95 Å². The quantitative estimate of drug-likeness (QED) is 0.863. The van der Waals surface area contributed by atoms with Gasteiger partial charge >= 0.3 is 5.97 Å². The van der Waals surface area contributed by atoms with Gasteiger partial charge in [-0.2, -0.15) is 0 Å². The van der Waals surface area contributed by atoms with Crippen LogP contribution in [-0.2, 0) is 4.79 Å². The standard InChI is InChI=1S/C11H11Br2NO3/c1-2-9(11(16)17)14-10(15)7-4-3-6(12)5-8(7)13/h3-5,9H,2H2,1H3,(H,14,15)(H,16,17). The van der Waals surface area contributed by atoms with Crippen LogP contribution in [0.3, 0.4) is 0 Å². The fraction of sp³-hybridized carbons (Fsp3) is 0.273. The number of carboxylic acid groups (broad SMARTS) is 1. The summed E-state index contributed by atoms with van der Waals surface area (Å²) in [6, 6.07) is 4.22. The van der Waals surface area contributed by atoms with Gasteiger partial charge in [0.05, 0.1) is 5.56 Å². The van der Waals surface area contributed by atoms with E-state index in [9.17, 15) is 9.59 Å². The van der Waals surface area contributed by atoms with Gasteiger partial charge in [-0.3, -0.25) is 4.79 Å². The Bertz CT molecular complexity index is 448. The van der Waals surface area contributed by atoms with Crippen LogP contribution in [0, 0.1) is 0 Å². The van der Waals surface area contributed by atoms with Gasteiger partial charge in [-0.1, -0.05) is 22.9 Å². The lowest BCUT2D eigenvalue weighted by Crippen LogP contribution is -2.40. The van der Waals surface area contributed by atoms with Gasteiger partial charge in [-0.05, 0) is 40.5 Å². The number of rotatable bonds is 4. The highest BCUT2D eigenvalue weighted by Crippen LogP contribution is 2.21. The van der Waals surface area contributed by atoms with Crippen molar-refractivity contribution >= 4 is 43.7 Å². The fourth-order valence-corrected chi connectivity index (χ4v) is 2.48. The van der Waals surface area contributed by atoms with Crippen molar-refractivity contribution in [1.82, 2.24) is 5.32 Å². The number of carbonyl (C=O) groups excluding carboxylic acids is 1. The maximum absolute atomic E-state index is 11.8. The number of aliphatic carboxylic acids is 1. The van der Waals surface area contributed by atoms with Gasteiger partial charge < -0.3 is 10.4 Å². The summed E-state index contributed by atoms with van der Waals surface area (Å²) >= 11 is 6.54. The van der Waals surface area contributed by atoms with Crippen LogP contribution in [0.1, 0.15) is 23.7 Å². The Hall–Kier alpha value is -0.880. The van der Waals surface area contributed by atoms with E-state index in [-0.39, 0.29) is 0 Å². The molecule has 0 saturated carbocycles. The number of hydrogen-bond donors (Lipinski definition) is 2. The Morgan fingerprint density at radius 2 is 2.06 bits per heavy atom. The van der Waals surface area contributed by atoms with Crippen LogP contribution in [0.15, 0.2) is 27.1 Å². The fourth-order valence-electron chi connectivity index (χ4n) is 1.25. The van der Waals surface area contributed by atoms with Crippen LogP contribution in [0.5, 0.6) is 0 Å². The van der Waals surface area contributed by atoms with Crippen LogP contribution in [-0.4, -0.2) is 23.0 Å². The van der Waals surface area contributed by atoms with E-state index in [0.717, 1.165) is 4.47 Å². The predicted octanol–water partition coefficient (Wildman–Crippen LogP) is 2.80. The van der Waals surface area contributed by atoms with Gasteiger partial charge in [0.2, 0.25) is 0 Å². The van der Waals surface area contributed by atoms with E-state index in [0.29, 0.717) is 16.5 Å². The molecule has 1 unspecified atom stereocenters. The summed E-state index contributed by atoms with van der Waals surface area (Å²) in [6.07, 6.45) is 0.342. The number of amides is 1. The number of carbonyl (C=O) groups is 2. The summed E-state index contributed by atoms with van der Waals surface area (Å²) in [6.45, 7) is 1.70. The molecule has 0 aliphatic heterocycles. The molecule has 1 atom stereocenters. The molecule has 0 spiro atoms. The van der Waals surface area contributed by atoms with Crippen molar-refractivity contribution in [1.29, 1.82) is 0 Å². The second-order valence-corrected chi connectivity index (χ2v) is 5.17. The minimum absolute atomic E-state index is 0.342. The van der Waals surface area contributed by atoms with Gasteiger partial charge in [0.15, 0.2) is 0 Å². The van der Waals surface area contributed by atoms with Crippen molar-refractivity contribution in [3.05, 3.63) is 32.7 Å². The Morgan fingerprint density at radius 1 is 1.41 bits per heavy atom. The van der Waals surface area contributed by atoms with Crippen molar-refractivity contribution in [2.45, 2.75) is 19.4 Å². The third-order valence-electron chi connectivity index (χ3n) is 2.19. The average molecular weight is 365 g/mol. The third-order valence-corrected chi connectivity index (χ3v) is 3.34. The molecule has 1 aromatic carbocycles. The number of carboxylic acids is 1. The SMILES string of the molecule is CCC(NC(=O)c1ccc(Br)cc1Br)C(=O)O. The lowest BCUT2D eigenvalue weighted by molar-refractivity contribution is -0.139. The zero-order chi connectivity index (χ0) is 13.0. The summed E-state index contributed by atoms with van der Waals surface area (Å²) in [5.74, 6) is -1.44. The highest BCUT2D eigenvalue weighted by molar-refractivity contribution is 9.11. The topological polar surface area (TPSA) is 66.4 Å². The molecule has 0 aliphatic carbocycles. The molecular weight excluding hydrogens is 354 g/mol. The Morgan fingerprint density at radius 3 is 2.53 bits per heavy atom. The molecule has 0 heterocycles. The van der Waals surface area contributed by atoms with Crippen LogP contribution < -0.4 is 5.32 Å². The predicted molar refractivity (Wildman–Crippen MR) is 71.0 cm³/mol. The molecule has 1 rings (SSSR count). The normalized spacial score (nSPS) is 11.9. The Kier molecular flexibility index (Phi) is 5.14. The number of halogens is 2. The molecule has 6 heteroatoms. The van der Waals surface area contributed by atoms with Crippen LogP contribution in [0.25, 0.3) is 0 Å². The zero-order valence-electron chi connectivity index (χ0n) is 9.04. The Labute approximate surface area is 116 Å². The lowest BCUT2D eigenvalue weighted by Gasteiger charge is -2.13. The summed E-state index contributed by atoms with van der Waals surface area (Å²) in [4.78, 5) is 22.6. The molecule has 0 radical (unpaired) electrons. The highest BCUT2D eigenvalue weighted by atomic mass is 79.9. The minimum atomic E-state index is -1.03. The van der Waals surface area contributed by atoms with Crippen LogP contribution in [0.2, 0.25) is 0 Å². The summed E-state index contributed by atoms with van der Waals surface area (Å²) < 4.78 is 1.45. The summed E-state index contributed by atoms with van der Waals surface area (Å²) in [5.41, 5.74) is 0.410. The van der Waals surface area contributed by atoms with Crippen molar-refractivity contribution in [2.24, 2.45) is 0 Å². The van der Waals surface area contributed by atoms with Crippen LogP contribution in [0.4, 0.5) is 0 Å². The monoisotopic (exact) mass is 363 g/mol. The molecule has 92 valence electrons. The van der Waals surface area contributed by atoms with Gasteiger partial charge in [-0.15, -0.1) is 0 Å². The molecule has 1 aromatic rings. The largest absolute Gasteiger partial charge is 0.480 e. The first-order chi connectivity index (χ1) is 7.95. The highest BCUT2D eigenvalue weighted by Gasteiger charge is 2.19. The molecule has 4 nitrogen and oxygen atoms in total. The van der Waals surface area contributed by atoms with E-state index >= 15 is 0 Å². The number of nitrogens with one attached hydrogen (secondary N) is 1. The lowest BCUT2D eigenvalue weighted by atomic mass is 10.1. The molecule has 17 heavy (non-hydrogen) atoms. The molecule has 1 amide bonds. The number of hydrogen-bond acceptors (Lipinski definition) is 2. The maximum Gasteiger partial charge on any atom is 0.326 e. The molecule has 0 saturated heterocycles. The maximum atomic E-state index is 11.8. The summed E-state index contributed by atoms with van der Waals surface area (Å²) in [7, 11) is 0. The van der Waals surface area contributed by atoms with E-state index < -0.39 is 17.9 Å². The first-order valence-corrected chi connectivity index (χ1v) is 6.53. The number of benzene rings is 1. The third kappa shape index (κ3) is 3.81. The second-order valence-electron chi connectivity index (χ2n) is 3.40. The van der Waals surface area contributed by atoms with E-state index in [2.05, 4.69) is 37.2 Å². The van der Waals surface area contributed by atoms with Crippen molar-refractivity contribution < 1.29 is 14.7 Å². The van der Waals surface area contributed by atoms with E-state index in [1.54, 1.807) is 25.1 Å². The van der Waals surface area contributed by atoms with Gasteiger partial charge in [0.25, 0.3) is 5.91 Å². The average Bonchev–Trinajstić information content (AvgIpc) is 2.24. The molecule has 0 aromatic heterocycles. The van der Waals surface area contributed by atoms with Crippen LogP contribution >= 0.6 is 31.9 Å². The molecule has 0 aliphatic rings.